The first-order valence-electron chi connectivity index (χ1n) is 36.3. The highest BCUT2D eigenvalue weighted by Gasteiger charge is 2.26. The van der Waals surface area contributed by atoms with Gasteiger partial charge < -0.3 is 87.3 Å². The third-order valence-corrected chi connectivity index (χ3v) is 17.9. The fourth-order valence-corrected chi connectivity index (χ4v) is 12.1. The number of para-hydroxylation sites is 4. The van der Waals surface area contributed by atoms with Crippen molar-refractivity contribution < 1.29 is 85.5 Å². The SMILES string of the molecule is COc1ccc(OC)c(CN(C(C)=O)c2cc(F)ccc2Oc2ccccc2)c1.COc1ccc(OC)c(CN(C(C)=O)c2cc(N)ccc2Oc2ccccc2)c1.COc1ccc(OC)c(CN(C(C)=O)c2cc(O)ccc2Oc2ccccc2)c1.COc1ccc(OC)c(CN(C(C)=O)c2cc(S)ccc2Oc2ccccc2)c1. The van der Waals surface area contributed by atoms with Gasteiger partial charge >= 0.3 is 0 Å². The standard InChI is InChI=1S/C23H22FNO4.C23H24N2O4.C23H23NO5.C23H23NO4S/c2*1-16(26)25(15-17-13-20(27-2)10-12-22(17)28-3)21-14-18(24)9-11-23(21)29-19-7-5-4-6-8-19;1-16(25)24(15-17-13-20(27-2)10-12-22(17)28-3)21-14-18(26)9-11-23(21)29-19-7-5-4-6-8-19;1-16(25)24(15-17-13-19(26-2)9-11-22(17)27-3)21-14-20(29)10-12-23(21)28-18-7-5-4-6-8-18/h4-14H,15H2,1-3H3;4-14H,15,24H2,1-3H3;4-14,26H,15H2,1-3H3;4-14,29H,15H2,1-3H3. The van der Waals surface area contributed by atoms with Crippen molar-refractivity contribution in [2.45, 2.75) is 58.8 Å². The van der Waals surface area contributed by atoms with Gasteiger partial charge in [0.2, 0.25) is 23.6 Å². The summed E-state index contributed by atoms with van der Waals surface area (Å²) in [6.07, 6.45) is 0. The summed E-state index contributed by atoms with van der Waals surface area (Å²) in [5.41, 5.74) is 11.6. The number of carbonyl (C=O) groups is 4. The number of amides is 4. The number of hydrogen-bond donors (Lipinski definition) is 3. The van der Waals surface area contributed by atoms with Crippen molar-refractivity contribution in [2.75, 3.05) is 82.2 Å². The zero-order valence-corrected chi connectivity index (χ0v) is 67.3. The molecule has 3 N–H and O–H groups in total. The predicted molar refractivity (Wildman–Crippen MR) is 451 cm³/mol. The van der Waals surface area contributed by atoms with Crippen LogP contribution in [-0.4, -0.2) is 85.6 Å². The van der Waals surface area contributed by atoms with Gasteiger partial charge in [0.15, 0.2) is 23.0 Å². The Kier molecular flexibility index (Phi) is 31.6. The number of methoxy groups -OCH3 is 8. The summed E-state index contributed by atoms with van der Waals surface area (Å²) in [5.74, 6) is 8.48. The number of hydrogen-bond acceptors (Lipinski definition) is 19. The molecule has 600 valence electrons. The van der Waals surface area contributed by atoms with E-state index in [1.54, 1.807) is 133 Å². The van der Waals surface area contributed by atoms with Crippen LogP contribution in [0.1, 0.15) is 49.9 Å². The summed E-state index contributed by atoms with van der Waals surface area (Å²) in [7, 11) is 12.7. The quantitative estimate of drug-likeness (QED) is 0.0305. The molecule has 0 heterocycles. The number of ether oxygens (including phenoxy) is 12. The van der Waals surface area contributed by atoms with E-state index in [1.165, 1.54) is 67.8 Å². The molecule has 0 aliphatic carbocycles. The number of benzene rings is 12. The highest BCUT2D eigenvalue weighted by atomic mass is 32.1. The van der Waals surface area contributed by atoms with E-state index in [0.717, 1.165) is 27.1 Å². The van der Waals surface area contributed by atoms with Gasteiger partial charge in [0.05, 0.1) is 106 Å². The van der Waals surface area contributed by atoms with Gasteiger partial charge in [0.25, 0.3) is 0 Å². The number of phenolic OH excluding ortho intramolecular Hbond substituents is 1. The van der Waals surface area contributed by atoms with Crippen LogP contribution in [0.4, 0.5) is 32.8 Å². The van der Waals surface area contributed by atoms with Gasteiger partial charge in [-0.2, -0.15) is 0 Å². The first-order chi connectivity index (χ1) is 56.0. The maximum atomic E-state index is 14.1. The van der Waals surface area contributed by atoms with Crippen LogP contribution in [0.3, 0.4) is 0 Å². The number of nitrogens with zero attached hydrogens (tertiary/aromatic N) is 4. The molecule has 12 rings (SSSR count). The van der Waals surface area contributed by atoms with Crippen LogP contribution >= 0.6 is 12.6 Å². The number of halogens is 1. The summed E-state index contributed by atoms with van der Waals surface area (Å²) in [5, 5.41) is 10.0. The molecule has 0 radical (unpaired) electrons. The lowest BCUT2D eigenvalue weighted by atomic mass is 10.1. The van der Waals surface area contributed by atoms with Crippen LogP contribution in [-0.2, 0) is 45.4 Å². The molecular weight excluding hydrogens is 1500 g/mol. The molecule has 12 aromatic carbocycles. The highest BCUT2D eigenvalue weighted by Crippen LogP contribution is 2.42. The lowest BCUT2D eigenvalue weighted by Gasteiger charge is -2.25. The minimum Gasteiger partial charge on any atom is -0.508 e. The fourth-order valence-electron chi connectivity index (χ4n) is 11.9. The van der Waals surface area contributed by atoms with Crippen molar-refractivity contribution in [3.8, 4) is 97.7 Å². The Hall–Kier alpha value is -14.0. The van der Waals surface area contributed by atoms with Crippen LogP contribution < -0.4 is 82.2 Å². The Morgan fingerprint density at radius 3 is 0.853 bits per heavy atom. The lowest BCUT2D eigenvalue weighted by Crippen LogP contribution is -2.28. The van der Waals surface area contributed by atoms with E-state index in [-0.39, 0.29) is 55.6 Å². The average molecular weight is 1590 g/mol. The van der Waals surface area contributed by atoms with Crippen LogP contribution in [0, 0.1) is 5.82 Å². The van der Waals surface area contributed by atoms with Crippen molar-refractivity contribution in [1.29, 1.82) is 0 Å². The van der Waals surface area contributed by atoms with E-state index in [9.17, 15) is 28.7 Å². The second kappa shape index (κ2) is 42.6. The van der Waals surface area contributed by atoms with Crippen molar-refractivity contribution in [3.05, 3.63) is 295 Å². The summed E-state index contributed by atoms with van der Waals surface area (Å²) in [6.45, 7) is 6.83. The molecule has 0 aliphatic rings. The van der Waals surface area contributed by atoms with Gasteiger partial charge in [-0.05, 0) is 182 Å². The Morgan fingerprint density at radius 1 is 0.302 bits per heavy atom. The molecule has 0 fully saturated rings. The molecule has 0 unspecified atom stereocenters. The van der Waals surface area contributed by atoms with Crippen molar-refractivity contribution in [2.24, 2.45) is 0 Å². The molecule has 0 aromatic heterocycles. The topological polar surface area (TPSA) is 238 Å². The number of phenols is 1. The second-order valence-corrected chi connectivity index (χ2v) is 26.0. The fraction of sp³-hybridized carbons (Fsp3) is 0.174. The van der Waals surface area contributed by atoms with Crippen molar-refractivity contribution in [1.82, 2.24) is 0 Å². The first kappa shape index (κ1) is 86.0. The van der Waals surface area contributed by atoms with E-state index in [0.29, 0.717) is 120 Å². The number of anilines is 5. The van der Waals surface area contributed by atoms with Crippen molar-refractivity contribution in [3.63, 3.8) is 0 Å². The molecule has 0 saturated heterocycles. The molecule has 0 aliphatic heterocycles. The van der Waals surface area contributed by atoms with Crippen LogP contribution in [0.15, 0.2) is 272 Å². The normalized spacial score (nSPS) is 10.3. The monoisotopic (exact) mass is 1590 g/mol. The van der Waals surface area contributed by atoms with Crippen molar-refractivity contribution >= 4 is 64.7 Å². The zero-order chi connectivity index (χ0) is 83.2. The van der Waals surface area contributed by atoms with Gasteiger partial charge in [-0.1, -0.05) is 72.8 Å². The largest absolute Gasteiger partial charge is 0.508 e. The van der Waals surface area contributed by atoms with Gasteiger partial charge in [0, 0.05) is 72.7 Å². The number of nitrogen functional groups attached to an aromatic ring is 1. The molecule has 24 heteroatoms. The number of thiol groups is 1. The molecule has 4 amide bonds. The second-order valence-electron chi connectivity index (χ2n) is 25.4. The Labute approximate surface area is 680 Å². The highest BCUT2D eigenvalue weighted by molar-refractivity contribution is 7.80. The number of carbonyl (C=O) groups excluding carboxylic acids is 4. The maximum Gasteiger partial charge on any atom is 0.224 e. The third-order valence-electron chi connectivity index (χ3n) is 17.6. The van der Waals surface area contributed by atoms with E-state index >= 15 is 0 Å². The minimum atomic E-state index is -0.468. The van der Waals surface area contributed by atoms with Gasteiger partial charge in [-0.3, -0.25) is 19.2 Å². The van der Waals surface area contributed by atoms with E-state index in [1.807, 2.05) is 170 Å². The predicted octanol–water partition coefficient (Wildman–Crippen LogP) is 19.9. The number of aromatic hydroxyl groups is 1. The van der Waals surface area contributed by atoms with Crippen LogP contribution in [0.2, 0.25) is 0 Å². The molecule has 12 aromatic rings. The van der Waals surface area contributed by atoms with Gasteiger partial charge in [-0.15, -0.1) is 12.6 Å². The minimum absolute atomic E-state index is 0.0317. The van der Waals surface area contributed by atoms with Crippen LogP contribution in [0.5, 0.6) is 97.7 Å². The molecule has 22 nitrogen and oxygen atoms in total. The van der Waals surface area contributed by atoms with Crippen LogP contribution in [0.25, 0.3) is 0 Å². The van der Waals surface area contributed by atoms with Gasteiger partial charge in [0.1, 0.15) is 80.6 Å². The Balaban J connectivity index is 0.000000177. The number of nitrogens with two attached hydrogens (primary N) is 1. The molecule has 0 bridgehead atoms. The molecule has 0 saturated carbocycles. The Morgan fingerprint density at radius 2 is 0.560 bits per heavy atom. The van der Waals surface area contributed by atoms with Gasteiger partial charge in [-0.25, -0.2) is 4.39 Å². The van der Waals surface area contributed by atoms with E-state index < -0.39 is 5.82 Å². The molecular formula is C92H92FN5O17S. The maximum absolute atomic E-state index is 14.1. The Bertz CT molecular complexity index is 4610. The molecule has 0 atom stereocenters. The van der Waals surface area contributed by atoms with E-state index in [4.69, 9.17) is 62.6 Å². The summed E-state index contributed by atoms with van der Waals surface area (Å²) >= 11 is 4.45. The molecule has 116 heavy (non-hydrogen) atoms. The summed E-state index contributed by atoms with van der Waals surface area (Å²) in [4.78, 5) is 57.1. The summed E-state index contributed by atoms with van der Waals surface area (Å²) < 4.78 is 81.1. The molecule has 0 spiro atoms. The summed E-state index contributed by atoms with van der Waals surface area (Å²) in [6, 6.07) is 78.3. The zero-order valence-electron chi connectivity index (χ0n) is 66.4. The third kappa shape index (κ3) is 24.0. The number of rotatable bonds is 28. The first-order valence-corrected chi connectivity index (χ1v) is 36.7. The smallest absolute Gasteiger partial charge is 0.224 e. The lowest BCUT2D eigenvalue weighted by molar-refractivity contribution is -0.117. The van der Waals surface area contributed by atoms with E-state index in [2.05, 4.69) is 12.6 Å². The average Bonchev–Trinajstić information content (AvgIpc) is 0.820.